The van der Waals surface area contributed by atoms with Gasteiger partial charge in [-0.3, -0.25) is 4.79 Å². The molecule has 0 aliphatic carbocycles. The van der Waals surface area contributed by atoms with Crippen molar-refractivity contribution in [2.45, 2.75) is 5.54 Å². The van der Waals surface area contributed by atoms with Crippen molar-refractivity contribution in [1.29, 1.82) is 0 Å². The predicted molar refractivity (Wildman–Crippen MR) is 70.3 cm³/mol. The van der Waals surface area contributed by atoms with Gasteiger partial charge in [0.25, 0.3) is 5.91 Å². The lowest BCUT2D eigenvalue weighted by Crippen LogP contribution is -2.57. The van der Waals surface area contributed by atoms with E-state index in [9.17, 15) is 9.90 Å². The second-order valence-electron chi connectivity index (χ2n) is 4.10. The van der Waals surface area contributed by atoms with Gasteiger partial charge in [-0.15, -0.1) is 0 Å². The Labute approximate surface area is 109 Å². The quantitative estimate of drug-likeness (QED) is 0.556. The summed E-state index contributed by atoms with van der Waals surface area (Å²) in [5, 5.41) is 24.4. The number of carbonyl (C=O) groups excluding carboxylic acids is 1. The fraction of sp³-hybridized carbons (Fsp3) is 0.333. The second-order valence-corrected chi connectivity index (χ2v) is 5.09. The number of nitrogens with zero attached hydrogens (tertiary/aromatic N) is 1. The first-order chi connectivity index (χ1) is 8.72. The van der Waals surface area contributed by atoms with Crippen molar-refractivity contribution in [3.63, 3.8) is 0 Å². The maximum atomic E-state index is 12.1. The first-order valence-corrected chi connectivity index (χ1v) is 6.65. The molecular formula is C12H14N2O3S. The predicted octanol–water partition coefficient (Wildman–Crippen LogP) is 0.724. The van der Waals surface area contributed by atoms with Crippen LogP contribution in [0.15, 0.2) is 35.5 Å². The lowest BCUT2D eigenvalue weighted by atomic mass is 9.97. The molecule has 0 aromatic heterocycles. The molecule has 2 rings (SSSR count). The summed E-state index contributed by atoms with van der Waals surface area (Å²) < 4.78 is 0. The fourth-order valence-corrected chi connectivity index (χ4v) is 3.14. The van der Waals surface area contributed by atoms with Gasteiger partial charge >= 0.3 is 0 Å². The Hall–Kier alpha value is -1.53. The summed E-state index contributed by atoms with van der Waals surface area (Å²) in [5.41, 5.74) is -0.0365. The van der Waals surface area contributed by atoms with Crippen LogP contribution in [0.2, 0.25) is 0 Å². The summed E-state index contributed by atoms with van der Waals surface area (Å²) in [6.45, 7) is -0.280. The molecule has 3 N–H and O–H groups in total. The van der Waals surface area contributed by atoms with Gasteiger partial charge in [0.1, 0.15) is 5.54 Å². The van der Waals surface area contributed by atoms with Crippen molar-refractivity contribution in [2.75, 3.05) is 18.1 Å². The Balaban J connectivity index is 2.19. The molecule has 1 heterocycles. The van der Waals surface area contributed by atoms with Crippen molar-refractivity contribution in [1.82, 2.24) is 5.32 Å². The number of aliphatic hydroxyl groups is 1. The van der Waals surface area contributed by atoms with Gasteiger partial charge in [0, 0.05) is 17.1 Å². The Kier molecular flexibility index (Phi) is 3.88. The summed E-state index contributed by atoms with van der Waals surface area (Å²) in [6, 6.07) is 8.75. The van der Waals surface area contributed by atoms with E-state index in [2.05, 4.69) is 10.5 Å². The molecule has 1 amide bonds. The first-order valence-electron chi connectivity index (χ1n) is 5.49. The summed E-state index contributed by atoms with van der Waals surface area (Å²) in [4.78, 5) is 12.1. The number of thioether (sulfide) groups is 1. The molecule has 1 aliphatic heterocycles. The number of rotatable bonds is 3. The molecule has 1 aromatic rings. The average Bonchev–Trinajstić information content (AvgIpc) is 2.83. The lowest BCUT2D eigenvalue weighted by Gasteiger charge is -2.27. The zero-order valence-electron chi connectivity index (χ0n) is 9.67. The van der Waals surface area contributed by atoms with E-state index in [1.165, 1.54) is 11.8 Å². The van der Waals surface area contributed by atoms with Crippen LogP contribution in [-0.4, -0.2) is 45.6 Å². The van der Waals surface area contributed by atoms with Gasteiger partial charge in [0.2, 0.25) is 0 Å². The second kappa shape index (κ2) is 5.41. The third kappa shape index (κ3) is 2.34. The van der Waals surface area contributed by atoms with E-state index in [0.29, 0.717) is 22.8 Å². The largest absolute Gasteiger partial charge is 0.411 e. The van der Waals surface area contributed by atoms with Crippen molar-refractivity contribution in [3.8, 4) is 0 Å². The van der Waals surface area contributed by atoms with Crippen LogP contribution in [0.3, 0.4) is 0 Å². The molecule has 0 unspecified atom stereocenters. The number of carbonyl (C=O) groups is 1. The summed E-state index contributed by atoms with van der Waals surface area (Å²) in [5.74, 6) is 0.724. The van der Waals surface area contributed by atoms with Gasteiger partial charge in [-0.05, 0) is 12.1 Å². The SMILES string of the molecule is O=C(N[C@]1(CO)CSC/C1=N\O)c1ccccc1. The van der Waals surface area contributed by atoms with Crippen LogP contribution in [-0.2, 0) is 0 Å². The molecule has 0 radical (unpaired) electrons. The van der Waals surface area contributed by atoms with Crippen LogP contribution in [0.1, 0.15) is 10.4 Å². The minimum atomic E-state index is -0.952. The number of hydrogen-bond acceptors (Lipinski definition) is 5. The minimum Gasteiger partial charge on any atom is -0.411 e. The molecular weight excluding hydrogens is 252 g/mol. The van der Waals surface area contributed by atoms with Crippen molar-refractivity contribution in [3.05, 3.63) is 35.9 Å². The maximum Gasteiger partial charge on any atom is 0.252 e. The van der Waals surface area contributed by atoms with Gasteiger partial charge in [0.15, 0.2) is 0 Å². The Morgan fingerprint density at radius 3 is 2.78 bits per heavy atom. The van der Waals surface area contributed by atoms with Gasteiger partial charge in [-0.1, -0.05) is 23.4 Å². The van der Waals surface area contributed by atoms with Gasteiger partial charge in [-0.25, -0.2) is 0 Å². The summed E-state index contributed by atoms with van der Waals surface area (Å²) in [6.07, 6.45) is 0. The minimum absolute atomic E-state index is 0.280. The van der Waals surface area contributed by atoms with E-state index < -0.39 is 5.54 Å². The van der Waals surface area contributed by atoms with E-state index in [1.54, 1.807) is 24.3 Å². The standard InChI is InChI=1S/C12H14N2O3S/c15-7-12(8-18-6-10(12)14-17)13-11(16)9-4-2-1-3-5-9/h1-5,15,17H,6-8H2,(H,13,16)/b14-10+/t12-/m1/s1. The highest BCUT2D eigenvalue weighted by atomic mass is 32.2. The molecule has 0 bridgehead atoms. The molecule has 5 nitrogen and oxygen atoms in total. The Morgan fingerprint density at radius 1 is 1.44 bits per heavy atom. The molecule has 0 saturated carbocycles. The Bertz CT molecular complexity index is 464. The van der Waals surface area contributed by atoms with Crippen LogP contribution >= 0.6 is 11.8 Å². The fourth-order valence-electron chi connectivity index (χ4n) is 1.83. The number of oxime groups is 1. The third-order valence-electron chi connectivity index (χ3n) is 2.92. The molecule has 1 fully saturated rings. The molecule has 1 aliphatic rings. The van der Waals surface area contributed by atoms with Crippen LogP contribution in [0, 0.1) is 0 Å². The molecule has 18 heavy (non-hydrogen) atoms. The van der Waals surface area contributed by atoms with Crippen molar-refractivity contribution >= 4 is 23.4 Å². The average molecular weight is 266 g/mol. The lowest BCUT2D eigenvalue weighted by molar-refractivity contribution is 0.0901. The maximum absolute atomic E-state index is 12.1. The van der Waals surface area contributed by atoms with Crippen molar-refractivity contribution in [2.24, 2.45) is 5.16 Å². The molecule has 1 saturated heterocycles. The van der Waals surface area contributed by atoms with Gasteiger partial charge in [-0.2, -0.15) is 11.8 Å². The summed E-state index contributed by atoms with van der Waals surface area (Å²) >= 11 is 1.51. The van der Waals surface area contributed by atoms with Crippen LogP contribution in [0.25, 0.3) is 0 Å². The van der Waals surface area contributed by atoms with E-state index in [0.717, 1.165) is 0 Å². The molecule has 96 valence electrons. The van der Waals surface area contributed by atoms with Gasteiger partial charge in [0.05, 0.1) is 12.3 Å². The zero-order valence-corrected chi connectivity index (χ0v) is 10.5. The third-order valence-corrected chi connectivity index (χ3v) is 4.09. The monoisotopic (exact) mass is 266 g/mol. The molecule has 1 aromatic carbocycles. The molecule has 1 atom stereocenters. The smallest absolute Gasteiger partial charge is 0.252 e. The zero-order chi connectivity index (χ0) is 13.0. The highest BCUT2D eigenvalue weighted by Crippen LogP contribution is 2.26. The van der Waals surface area contributed by atoms with Gasteiger partial charge < -0.3 is 15.6 Å². The molecule has 0 spiro atoms. The molecule has 6 heteroatoms. The summed E-state index contributed by atoms with van der Waals surface area (Å²) in [7, 11) is 0. The van der Waals surface area contributed by atoms with Crippen LogP contribution in [0.4, 0.5) is 0 Å². The van der Waals surface area contributed by atoms with E-state index in [4.69, 9.17) is 5.21 Å². The normalized spacial score (nSPS) is 25.3. The Morgan fingerprint density at radius 2 is 2.17 bits per heavy atom. The highest BCUT2D eigenvalue weighted by molar-refractivity contribution is 8.00. The van der Waals surface area contributed by atoms with E-state index in [1.807, 2.05) is 6.07 Å². The van der Waals surface area contributed by atoms with Crippen LogP contribution in [0.5, 0.6) is 0 Å². The highest BCUT2D eigenvalue weighted by Gasteiger charge is 2.42. The number of aliphatic hydroxyl groups excluding tert-OH is 1. The van der Waals surface area contributed by atoms with Crippen LogP contribution < -0.4 is 5.32 Å². The number of amides is 1. The number of hydrogen-bond donors (Lipinski definition) is 3. The number of benzene rings is 1. The van der Waals surface area contributed by atoms with E-state index >= 15 is 0 Å². The van der Waals surface area contributed by atoms with Crippen molar-refractivity contribution < 1.29 is 15.1 Å². The number of nitrogens with one attached hydrogen (secondary N) is 1. The van der Waals surface area contributed by atoms with E-state index in [-0.39, 0.29) is 12.5 Å². The topological polar surface area (TPSA) is 81.9 Å². The first kappa shape index (κ1) is 12.9.